The van der Waals surface area contributed by atoms with E-state index in [1.807, 2.05) is 91.0 Å². The molecule has 3 aliphatic rings. The Labute approximate surface area is 550 Å². The average Bonchev–Trinajstić information content (AvgIpc) is 1.18. The molecule has 0 spiro atoms. The van der Waals surface area contributed by atoms with E-state index in [0.717, 1.165) is 14.7 Å². The summed E-state index contributed by atoms with van der Waals surface area (Å²) >= 11 is 0. The van der Waals surface area contributed by atoms with Crippen molar-refractivity contribution in [3.8, 4) is 0 Å². The molecule has 22 heteroatoms. The van der Waals surface area contributed by atoms with Gasteiger partial charge in [-0.05, 0) is 90.1 Å². The van der Waals surface area contributed by atoms with Crippen molar-refractivity contribution in [3.63, 3.8) is 0 Å². The Bertz CT molecular complexity index is 2980. The van der Waals surface area contributed by atoms with Crippen molar-refractivity contribution in [1.29, 1.82) is 0 Å². The summed E-state index contributed by atoms with van der Waals surface area (Å²) in [7, 11) is 0. The largest absolute Gasteiger partial charge is 2.00 e. The monoisotopic (exact) mass is 1410 g/mol. The molecule has 0 saturated heterocycles. The summed E-state index contributed by atoms with van der Waals surface area (Å²) in [5.74, 6) is -8.89. The predicted molar refractivity (Wildman–Crippen MR) is 318 cm³/mol. The molecule has 6 aromatic rings. The molecule has 0 aliphatic carbocycles. The molecule has 482 valence electrons. The first-order valence-corrected chi connectivity index (χ1v) is 28.0. The third-order valence-electron chi connectivity index (χ3n) is 13.3. The fraction of sp³-hybridized carbons (Fsp3) is 0.324. The number of aliphatic carboxylic acids is 4. The minimum absolute atomic E-state index is 0. The van der Waals surface area contributed by atoms with Gasteiger partial charge in [-0.3, -0.25) is 43.5 Å². The van der Waals surface area contributed by atoms with E-state index in [1.165, 1.54) is 36.4 Å². The maximum absolute atomic E-state index is 12.3. The van der Waals surface area contributed by atoms with Crippen molar-refractivity contribution < 1.29 is 123 Å². The molecule has 9 rings (SSSR count). The number of rotatable bonds is 10. The summed E-state index contributed by atoms with van der Waals surface area (Å²) in [5.41, 5.74) is -0.218. The number of amides is 6. The first kappa shape index (κ1) is 79.8. The molecular formula is C68H75N3O17Rh2. The molecule has 90 heavy (non-hydrogen) atoms. The first-order valence-electron chi connectivity index (χ1n) is 28.0. The number of carboxylic acids is 4. The second kappa shape index (κ2) is 35.2. The minimum Gasteiger partial charge on any atom is -0.548 e. The van der Waals surface area contributed by atoms with Gasteiger partial charge >= 0.3 is 39.0 Å². The van der Waals surface area contributed by atoms with Crippen LogP contribution in [-0.2, 0) is 63.5 Å². The van der Waals surface area contributed by atoms with Crippen molar-refractivity contribution in [1.82, 2.24) is 14.7 Å². The summed E-state index contributed by atoms with van der Waals surface area (Å²) in [6, 6.07) is 42.7. The standard InChI is InChI=1S/C20H16O2.3C14H15NO4.3C2H6O.2Rh/c21-19(22)20(16-10-4-1-5-11-16,17-12-6-2-7-13-17)18-14-8-3-9-15-18;3*1-14(2,3)10(13(18)19)15-11(16)8-6-4-5-7-9(8)12(15)17;3*1-2-3;;/h1-15H,(H,21,22);3*4-7,10H,1-3H3,(H,18,19);3*3H,2H2,1H3;;/q;;;;;;;2*+2/p-4/t;3*10-;;;;;/m.111...../s1. The van der Waals surface area contributed by atoms with Crippen LogP contribution in [0.1, 0.15) is 162 Å². The van der Waals surface area contributed by atoms with Gasteiger partial charge in [-0.1, -0.05) is 190 Å². The second-order valence-corrected chi connectivity index (χ2v) is 22.9. The van der Waals surface area contributed by atoms with E-state index in [9.17, 15) is 68.4 Å². The van der Waals surface area contributed by atoms with Crippen molar-refractivity contribution >= 4 is 59.3 Å². The van der Waals surface area contributed by atoms with Gasteiger partial charge in [0, 0.05) is 19.8 Å². The zero-order valence-electron chi connectivity index (χ0n) is 52.0. The summed E-state index contributed by atoms with van der Waals surface area (Å²) in [6.45, 7) is 20.6. The molecule has 0 bridgehead atoms. The second-order valence-electron chi connectivity index (χ2n) is 22.9. The summed E-state index contributed by atoms with van der Waals surface area (Å²) in [6.07, 6.45) is 0. The quantitative estimate of drug-likeness (QED) is 0.0987. The number of fused-ring (bicyclic) bond motifs is 3. The van der Waals surface area contributed by atoms with Gasteiger partial charge in [-0.25, -0.2) is 0 Å². The van der Waals surface area contributed by atoms with Gasteiger partial charge in [-0.2, -0.15) is 0 Å². The SMILES string of the molecule is CC(C)(C)[C@@H](C(=O)[O-])N1C(=O)c2ccccc2C1=O.CC(C)(C)[C@@H](C(=O)[O-])N1C(=O)c2ccccc2C1=O.CC(C)(C)[C@@H](C(=O)[O-])N1C(=O)c2ccccc2C1=O.CCO.CCO.CCO.O=C([O-])C(c1ccccc1)(c1ccccc1)c1ccccc1.[Rh+2].[Rh+2]. The van der Waals surface area contributed by atoms with Gasteiger partial charge in [0.1, 0.15) is 0 Å². The number of nitrogens with zero attached hydrogens (tertiary/aromatic N) is 3. The number of carbonyl (C=O) groups is 10. The number of carboxylic acid groups (broad SMARTS) is 4. The zero-order valence-corrected chi connectivity index (χ0v) is 55.3. The summed E-state index contributed by atoms with van der Waals surface area (Å²) in [4.78, 5) is 122. The Morgan fingerprint density at radius 3 is 0.600 bits per heavy atom. The maximum atomic E-state index is 12.3. The van der Waals surface area contributed by atoms with Gasteiger partial charge in [0.05, 0.1) is 80.8 Å². The van der Waals surface area contributed by atoms with Crippen LogP contribution in [0.2, 0.25) is 0 Å². The van der Waals surface area contributed by atoms with E-state index in [4.69, 9.17) is 15.3 Å². The number of hydrogen-bond donors (Lipinski definition) is 3. The third-order valence-corrected chi connectivity index (χ3v) is 13.3. The molecule has 6 amide bonds. The number of carbonyl (C=O) groups excluding carboxylic acids is 10. The fourth-order valence-corrected chi connectivity index (χ4v) is 9.78. The molecule has 20 nitrogen and oxygen atoms in total. The average molecular weight is 1410 g/mol. The Morgan fingerprint density at radius 2 is 0.478 bits per heavy atom. The Hall–Kier alpha value is -8.25. The number of hydrogen-bond acceptors (Lipinski definition) is 17. The van der Waals surface area contributed by atoms with E-state index in [2.05, 4.69) is 0 Å². The molecule has 3 atom stereocenters. The number of aliphatic hydroxyl groups is 3. The van der Waals surface area contributed by atoms with Gasteiger partial charge < -0.3 is 54.9 Å². The van der Waals surface area contributed by atoms with Crippen LogP contribution in [0.5, 0.6) is 0 Å². The van der Waals surface area contributed by atoms with E-state index >= 15 is 0 Å². The first-order chi connectivity index (χ1) is 41.2. The maximum Gasteiger partial charge on any atom is 2.00 e. The van der Waals surface area contributed by atoms with Gasteiger partial charge in [0.2, 0.25) is 0 Å². The Kier molecular flexibility index (Phi) is 31.2. The van der Waals surface area contributed by atoms with Crippen LogP contribution in [0.4, 0.5) is 0 Å². The van der Waals surface area contributed by atoms with Crippen LogP contribution in [0.15, 0.2) is 164 Å². The van der Waals surface area contributed by atoms with E-state index in [1.54, 1.807) is 119 Å². The molecule has 0 saturated carbocycles. The van der Waals surface area contributed by atoms with Crippen LogP contribution < -0.4 is 20.4 Å². The van der Waals surface area contributed by atoms with E-state index in [0.29, 0.717) is 16.7 Å². The summed E-state index contributed by atoms with van der Waals surface area (Å²) in [5, 5.41) is 69.0. The molecule has 0 aromatic heterocycles. The molecule has 3 N–H and O–H groups in total. The van der Waals surface area contributed by atoms with Crippen LogP contribution in [0.25, 0.3) is 0 Å². The molecule has 6 aromatic carbocycles. The topological polar surface area (TPSA) is 333 Å². The van der Waals surface area contributed by atoms with Crippen molar-refractivity contribution in [2.24, 2.45) is 16.2 Å². The van der Waals surface area contributed by atoms with Crippen molar-refractivity contribution in [2.75, 3.05) is 19.8 Å². The zero-order chi connectivity index (χ0) is 66.6. The van der Waals surface area contributed by atoms with Gasteiger partial charge in [0.15, 0.2) is 0 Å². The van der Waals surface area contributed by atoms with E-state index < -0.39 is 99.1 Å². The smallest absolute Gasteiger partial charge is 0.548 e. The molecule has 3 heterocycles. The van der Waals surface area contributed by atoms with Crippen molar-refractivity contribution in [3.05, 3.63) is 214 Å². The Morgan fingerprint density at radius 1 is 0.333 bits per heavy atom. The van der Waals surface area contributed by atoms with Crippen LogP contribution >= 0.6 is 0 Å². The predicted octanol–water partition coefficient (Wildman–Crippen LogP) is 4.10. The molecule has 3 aliphatic heterocycles. The van der Waals surface area contributed by atoms with E-state index in [-0.39, 0.29) is 92.2 Å². The van der Waals surface area contributed by atoms with Crippen LogP contribution in [0, 0.1) is 16.2 Å². The normalized spacial score (nSPS) is 13.7. The van der Waals surface area contributed by atoms with Gasteiger partial charge in [0.25, 0.3) is 35.4 Å². The summed E-state index contributed by atoms with van der Waals surface area (Å²) < 4.78 is 0. The van der Waals surface area contributed by atoms with Crippen molar-refractivity contribution in [2.45, 2.75) is 107 Å². The number of imide groups is 3. The Balaban J connectivity index is 0.000000570. The number of benzene rings is 6. The molecule has 2 radical (unpaired) electrons. The van der Waals surface area contributed by atoms with Crippen LogP contribution in [0.3, 0.4) is 0 Å². The molecule has 0 unspecified atom stereocenters. The van der Waals surface area contributed by atoms with Gasteiger partial charge in [-0.15, -0.1) is 0 Å². The minimum atomic E-state index is -1.43. The number of aliphatic hydroxyl groups excluding tert-OH is 3. The molecular weight excluding hydrogens is 1340 g/mol. The van der Waals surface area contributed by atoms with Crippen LogP contribution in [-0.4, -0.2) is 127 Å². The molecule has 0 fully saturated rings. The fourth-order valence-electron chi connectivity index (χ4n) is 9.78. The third kappa shape index (κ3) is 18.7.